The zero-order valence-electron chi connectivity index (χ0n) is 12.0. The van der Waals surface area contributed by atoms with E-state index in [9.17, 15) is 4.79 Å². The number of nitrogens with one attached hydrogen (secondary N) is 1. The van der Waals surface area contributed by atoms with Gasteiger partial charge in [0.15, 0.2) is 0 Å². The van der Waals surface area contributed by atoms with Crippen molar-refractivity contribution in [3.05, 3.63) is 54.6 Å². The summed E-state index contributed by atoms with van der Waals surface area (Å²) >= 11 is 0. The quantitative estimate of drug-likeness (QED) is 0.620. The number of carbonyl (C=O) groups excluding carboxylic acids is 1. The lowest BCUT2D eigenvalue weighted by Gasteiger charge is -2.09. The molecule has 0 aliphatic carbocycles. The fraction of sp³-hybridized carbons (Fsp3) is 0.235. The third-order valence-electron chi connectivity index (χ3n) is 2.93. The fourth-order valence-electron chi connectivity index (χ4n) is 1.86. The van der Waals surface area contributed by atoms with E-state index in [0.29, 0.717) is 13.0 Å². The highest BCUT2D eigenvalue weighted by Gasteiger charge is 2.01. The van der Waals surface area contributed by atoms with Gasteiger partial charge in [-0.1, -0.05) is 24.3 Å². The zero-order valence-corrected chi connectivity index (χ0v) is 12.0. The Balaban J connectivity index is 1.85. The van der Waals surface area contributed by atoms with Crippen molar-refractivity contribution in [3.63, 3.8) is 0 Å². The molecule has 0 fully saturated rings. The molecule has 2 aromatic carbocycles. The average Bonchev–Trinajstić information content (AvgIpc) is 2.52. The number of methoxy groups -OCH3 is 1. The Kier molecular flexibility index (Phi) is 5.64. The van der Waals surface area contributed by atoms with Crippen LogP contribution in [0.4, 0.5) is 5.69 Å². The molecule has 0 unspecified atom stereocenters. The van der Waals surface area contributed by atoms with Crippen molar-refractivity contribution < 1.29 is 14.3 Å². The number of hydrogen-bond acceptors (Lipinski definition) is 4. The van der Waals surface area contributed by atoms with Crippen LogP contribution in [0, 0.1) is 0 Å². The van der Waals surface area contributed by atoms with Crippen LogP contribution in [0.1, 0.15) is 12.8 Å². The number of esters is 1. The average molecular weight is 285 g/mol. The monoisotopic (exact) mass is 285 g/mol. The van der Waals surface area contributed by atoms with Crippen molar-refractivity contribution in [2.24, 2.45) is 0 Å². The second-order valence-corrected chi connectivity index (χ2v) is 4.55. The third kappa shape index (κ3) is 5.18. The molecule has 0 heterocycles. The maximum atomic E-state index is 11.0. The Hall–Kier alpha value is -2.49. The highest BCUT2D eigenvalue weighted by molar-refractivity contribution is 5.69. The summed E-state index contributed by atoms with van der Waals surface area (Å²) in [5.41, 5.74) is 0.966. The van der Waals surface area contributed by atoms with Crippen LogP contribution >= 0.6 is 0 Å². The fourth-order valence-corrected chi connectivity index (χ4v) is 1.86. The number of benzene rings is 2. The van der Waals surface area contributed by atoms with Gasteiger partial charge in [0.25, 0.3) is 0 Å². The first-order valence-electron chi connectivity index (χ1n) is 6.91. The predicted octanol–water partition coefficient (Wildman–Crippen LogP) is 3.84. The van der Waals surface area contributed by atoms with E-state index in [1.165, 1.54) is 7.11 Å². The summed E-state index contributed by atoms with van der Waals surface area (Å²) < 4.78 is 10.4. The molecule has 2 aromatic rings. The number of para-hydroxylation sites is 1. The van der Waals surface area contributed by atoms with Crippen molar-refractivity contribution >= 4 is 11.7 Å². The predicted molar refractivity (Wildman–Crippen MR) is 82.7 cm³/mol. The Morgan fingerprint density at radius 1 is 1.05 bits per heavy atom. The first kappa shape index (κ1) is 14.9. The van der Waals surface area contributed by atoms with Crippen LogP contribution in [0.3, 0.4) is 0 Å². The van der Waals surface area contributed by atoms with Crippen molar-refractivity contribution in [1.29, 1.82) is 0 Å². The van der Waals surface area contributed by atoms with Crippen molar-refractivity contribution in [2.45, 2.75) is 12.8 Å². The Bertz CT molecular complexity index is 569. The summed E-state index contributed by atoms with van der Waals surface area (Å²) in [6.45, 7) is 0.712. The maximum absolute atomic E-state index is 11.0. The summed E-state index contributed by atoms with van der Waals surface area (Å²) in [5.74, 6) is 1.40. The molecule has 0 saturated carbocycles. The summed E-state index contributed by atoms with van der Waals surface area (Å²) in [6, 6.07) is 17.4. The largest absolute Gasteiger partial charge is 0.469 e. The minimum absolute atomic E-state index is 0.182. The highest BCUT2D eigenvalue weighted by atomic mass is 16.5. The van der Waals surface area contributed by atoms with E-state index in [1.54, 1.807) is 0 Å². The van der Waals surface area contributed by atoms with E-state index in [-0.39, 0.29) is 5.97 Å². The summed E-state index contributed by atoms with van der Waals surface area (Å²) in [7, 11) is 1.40. The molecule has 21 heavy (non-hydrogen) atoms. The van der Waals surface area contributed by atoms with Gasteiger partial charge >= 0.3 is 5.97 Å². The summed E-state index contributed by atoms with van der Waals surface area (Å²) in [6.07, 6.45) is 1.15. The van der Waals surface area contributed by atoms with Gasteiger partial charge in [-0.25, -0.2) is 0 Å². The van der Waals surface area contributed by atoms with Crippen LogP contribution in [0.15, 0.2) is 54.6 Å². The lowest BCUT2D eigenvalue weighted by Crippen LogP contribution is -2.06. The van der Waals surface area contributed by atoms with E-state index in [4.69, 9.17) is 4.74 Å². The SMILES string of the molecule is COC(=O)CCCNc1cccc(Oc2ccccc2)c1. The van der Waals surface area contributed by atoms with Gasteiger partial charge in [0.1, 0.15) is 11.5 Å². The third-order valence-corrected chi connectivity index (χ3v) is 2.93. The number of anilines is 1. The minimum Gasteiger partial charge on any atom is -0.469 e. The number of hydrogen-bond donors (Lipinski definition) is 1. The molecule has 0 aliphatic heterocycles. The summed E-state index contributed by atoms with van der Waals surface area (Å²) in [4.78, 5) is 11.0. The van der Waals surface area contributed by atoms with Crippen molar-refractivity contribution in [2.75, 3.05) is 19.0 Å². The maximum Gasteiger partial charge on any atom is 0.305 e. The van der Waals surface area contributed by atoms with Crippen LogP contribution < -0.4 is 10.1 Å². The molecule has 0 amide bonds. The van der Waals surface area contributed by atoms with Gasteiger partial charge in [0, 0.05) is 24.7 Å². The van der Waals surface area contributed by atoms with E-state index < -0.39 is 0 Å². The van der Waals surface area contributed by atoms with E-state index >= 15 is 0 Å². The molecule has 0 radical (unpaired) electrons. The Morgan fingerprint density at radius 2 is 1.81 bits per heavy atom. The molecule has 0 spiro atoms. The zero-order chi connectivity index (χ0) is 14.9. The van der Waals surface area contributed by atoms with Crippen molar-refractivity contribution in [1.82, 2.24) is 0 Å². The number of carbonyl (C=O) groups is 1. The normalized spacial score (nSPS) is 9.95. The topological polar surface area (TPSA) is 47.6 Å². The molecule has 0 aliphatic rings. The molecular weight excluding hydrogens is 266 g/mol. The Labute approximate surface area is 124 Å². The lowest BCUT2D eigenvalue weighted by molar-refractivity contribution is -0.140. The standard InChI is InChI=1S/C17H19NO3/c1-20-17(19)11-6-12-18-14-7-5-10-16(13-14)21-15-8-3-2-4-9-15/h2-5,7-10,13,18H,6,11-12H2,1H3. The van der Waals surface area contributed by atoms with Crippen LogP contribution in [0.25, 0.3) is 0 Å². The molecule has 1 N–H and O–H groups in total. The number of rotatable bonds is 7. The van der Waals surface area contributed by atoms with Crippen LogP contribution in [-0.4, -0.2) is 19.6 Å². The van der Waals surface area contributed by atoms with Gasteiger partial charge < -0.3 is 14.8 Å². The van der Waals surface area contributed by atoms with Crippen molar-refractivity contribution in [3.8, 4) is 11.5 Å². The van der Waals surface area contributed by atoms with E-state index in [2.05, 4.69) is 10.1 Å². The summed E-state index contributed by atoms with van der Waals surface area (Å²) in [5, 5.41) is 3.26. The molecule has 0 aromatic heterocycles. The second-order valence-electron chi connectivity index (χ2n) is 4.55. The van der Waals surface area contributed by atoms with Crippen LogP contribution in [-0.2, 0) is 9.53 Å². The molecule has 4 heteroatoms. The molecule has 0 atom stereocenters. The van der Waals surface area contributed by atoms with Gasteiger partial charge in [-0.2, -0.15) is 0 Å². The number of ether oxygens (including phenoxy) is 2. The van der Waals surface area contributed by atoms with Crippen LogP contribution in [0.5, 0.6) is 11.5 Å². The minimum atomic E-state index is -0.182. The molecule has 110 valence electrons. The smallest absolute Gasteiger partial charge is 0.305 e. The van der Waals surface area contributed by atoms with E-state index in [1.807, 2.05) is 54.6 Å². The van der Waals surface area contributed by atoms with Gasteiger partial charge in [0.2, 0.25) is 0 Å². The second kappa shape index (κ2) is 7.94. The first-order valence-corrected chi connectivity index (χ1v) is 6.91. The van der Waals surface area contributed by atoms with Gasteiger partial charge in [-0.15, -0.1) is 0 Å². The highest BCUT2D eigenvalue weighted by Crippen LogP contribution is 2.23. The molecule has 0 saturated heterocycles. The molecule has 0 bridgehead atoms. The van der Waals surface area contributed by atoms with Gasteiger partial charge in [-0.05, 0) is 30.7 Å². The molecule has 2 rings (SSSR count). The Morgan fingerprint density at radius 3 is 2.57 bits per heavy atom. The van der Waals surface area contributed by atoms with Gasteiger partial charge in [-0.3, -0.25) is 4.79 Å². The lowest BCUT2D eigenvalue weighted by atomic mass is 10.2. The molecular formula is C17H19NO3. The van der Waals surface area contributed by atoms with E-state index in [0.717, 1.165) is 23.6 Å². The first-order chi connectivity index (χ1) is 10.3. The van der Waals surface area contributed by atoms with Gasteiger partial charge in [0.05, 0.1) is 7.11 Å². The van der Waals surface area contributed by atoms with Crippen LogP contribution in [0.2, 0.25) is 0 Å². The molecule has 4 nitrogen and oxygen atoms in total.